The molecule has 0 spiro atoms. The van der Waals surface area contributed by atoms with Crippen molar-refractivity contribution in [2.24, 2.45) is 0 Å². The van der Waals surface area contributed by atoms with Crippen LogP contribution in [-0.2, 0) is 6.42 Å². The summed E-state index contributed by atoms with van der Waals surface area (Å²) in [6, 6.07) is 15.9. The number of hydrogen-bond donors (Lipinski definition) is 2. The van der Waals surface area contributed by atoms with Crippen LogP contribution in [0, 0.1) is 0 Å². The van der Waals surface area contributed by atoms with E-state index in [1.807, 2.05) is 24.3 Å². The van der Waals surface area contributed by atoms with Crippen LogP contribution in [0.1, 0.15) is 28.8 Å². The molecule has 4 heteroatoms. The molecule has 0 aliphatic carbocycles. The first-order chi connectivity index (χ1) is 10.8. The summed E-state index contributed by atoms with van der Waals surface area (Å²) in [4.78, 5) is 19.3. The number of hydrogen-bond acceptors (Lipinski definition) is 2. The van der Waals surface area contributed by atoms with Crippen LogP contribution in [0.4, 0.5) is 0 Å². The maximum atomic E-state index is 12.1. The number of carbonyl (C=O) groups excluding carboxylic acids is 1. The zero-order valence-electron chi connectivity index (χ0n) is 12.4. The molecular formula is C18H19N3O. The highest BCUT2D eigenvalue weighted by molar-refractivity contribution is 5.97. The van der Waals surface area contributed by atoms with Crippen LogP contribution < -0.4 is 5.32 Å². The number of nitrogens with zero attached hydrogens (tertiary/aromatic N) is 1. The van der Waals surface area contributed by atoms with E-state index < -0.39 is 0 Å². The number of aryl methyl sites for hydroxylation is 1. The van der Waals surface area contributed by atoms with Crippen LogP contribution in [0.3, 0.4) is 0 Å². The molecule has 0 atom stereocenters. The molecule has 0 fully saturated rings. The fourth-order valence-electron chi connectivity index (χ4n) is 2.48. The van der Waals surface area contributed by atoms with Gasteiger partial charge in [0.1, 0.15) is 0 Å². The van der Waals surface area contributed by atoms with Gasteiger partial charge in [-0.05, 0) is 43.0 Å². The Hall–Kier alpha value is -2.62. The topological polar surface area (TPSA) is 57.8 Å². The Kier molecular flexibility index (Phi) is 4.49. The van der Waals surface area contributed by atoms with E-state index in [4.69, 9.17) is 0 Å². The number of benzene rings is 2. The van der Waals surface area contributed by atoms with Gasteiger partial charge in [-0.2, -0.15) is 0 Å². The molecule has 0 saturated heterocycles. The summed E-state index contributed by atoms with van der Waals surface area (Å²) >= 11 is 0. The highest BCUT2D eigenvalue weighted by Gasteiger charge is 2.06. The first-order valence-corrected chi connectivity index (χ1v) is 7.58. The van der Waals surface area contributed by atoms with E-state index in [1.54, 1.807) is 6.33 Å². The number of H-pyrrole nitrogens is 1. The van der Waals surface area contributed by atoms with E-state index in [2.05, 4.69) is 39.6 Å². The third-order valence-electron chi connectivity index (χ3n) is 3.70. The van der Waals surface area contributed by atoms with E-state index in [0.717, 1.165) is 30.3 Å². The first-order valence-electron chi connectivity index (χ1n) is 7.58. The average molecular weight is 293 g/mol. The molecule has 0 aliphatic rings. The maximum absolute atomic E-state index is 12.1. The van der Waals surface area contributed by atoms with Crippen molar-refractivity contribution < 1.29 is 4.79 Å². The van der Waals surface area contributed by atoms with Crippen molar-refractivity contribution in [3.63, 3.8) is 0 Å². The van der Waals surface area contributed by atoms with E-state index >= 15 is 0 Å². The number of carbonyl (C=O) groups is 1. The van der Waals surface area contributed by atoms with Crippen molar-refractivity contribution in [2.75, 3.05) is 6.54 Å². The largest absolute Gasteiger partial charge is 0.352 e. The van der Waals surface area contributed by atoms with E-state index in [1.165, 1.54) is 5.56 Å². The standard InChI is InChI=1S/C18H19N3O/c22-18(15-9-10-16-17(12-15)21-13-20-16)19-11-5-4-8-14-6-2-1-3-7-14/h1-3,6-7,9-10,12-13H,4-5,8,11H2,(H,19,22)(H,20,21). The molecule has 0 unspecified atom stereocenters. The van der Waals surface area contributed by atoms with Crippen LogP contribution >= 0.6 is 0 Å². The van der Waals surface area contributed by atoms with Gasteiger partial charge in [-0.25, -0.2) is 4.98 Å². The number of aromatic nitrogens is 2. The van der Waals surface area contributed by atoms with Crippen LogP contribution in [0.15, 0.2) is 54.9 Å². The molecule has 2 aromatic carbocycles. The second kappa shape index (κ2) is 6.89. The van der Waals surface area contributed by atoms with Crippen molar-refractivity contribution in [1.82, 2.24) is 15.3 Å². The number of unbranched alkanes of at least 4 members (excludes halogenated alkanes) is 1. The second-order valence-electron chi connectivity index (χ2n) is 5.33. The smallest absolute Gasteiger partial charge is 0.251 e. The van der Waals surface area contributed by atoms with Crippen LogP contribution in [-0.4, -0.2) is 22.4 Å². The molecule has 1 amide bonds. The summed E-state index contributed by atoms with van der Waals surface area (Å²) in [5.41, 5.74) is 3.77. The lowest BCUT2D eigenvalue weighted by Gasteiger charge is -2.05. The number of rotatable bonds is 6. The minimum absolute atomic E-state index is 0.0313. The molecule has 112 valence electrons. The molecule has 0 saturated carbocycles. The van der Waals surface area contributed by atoms with Crippen LogP contribution in [0.2, 0.25) is 0 Å². The van der Waals surface area contributed by atoms with Gasteiger partial charge < -0.3 is 10.3 Å². The molecule has 22 heavy (non-hydrogen) atoms. The minimum atomic E-state index is -0.0313. The van der Waals surface area contributed by atoms with Gasteiger partial charge in [-0.1, -0.05) is 30.3 Å². The molecular weight excluding hydrogens is 274 g/mol. The average Bonchev–Trinajstić information content (AvgIpc) is 3.03. The Balaban J connectivity index is 1.44. The third kappa shape index (κ3) is 3.52. The van der Waals surface area contributed by atoms with Gasteiger partial charge in [-0.15, -0.1) is 0 Å². The van der Waals surface area contributed by atoms with Gasteiger partial charge in [0.15, 0.2) is 0 Å². The second-order valence-corrected chi connectivity index (χ2v) is 5.33. The Morgan fingerprint density at radius 3 is 2.82 bits per heavy atom. The van der Waals surface area contributed by atoms with Crippen molar-refractivity contribution in [2.45, 2.75) is 19.3 Å². The monoisotopic (exact) mass is 293 g/mol. The minimum Gasteiger partial charge on any atom is -0.352 e. The van der Waals surface area contributed by atoms with Gasteiger partial charge in [0.05, 0.1) is 17.4 Å². The molecule has 4 nitrogen and oxygen atoms in total. The highest BCUT2D eigenvalue weighted by atomic mass is 16.1. The van der Waals surface area contributed by atoms with E-state index in [9.17, 15) is 4.79 Å². The quantitative estimate of drug-likeness (QED) is 0.685. The van der Waals surface area contributed by atoms with Crippen molar-refractivity contribution in [3.05, 3.63) is 66.0 Å². The van der Waals surface area contributed by atoms with Gasteiger partial charge in [0.25, 0.3) is 5.91 Å². The molecule has 1 aromatic heterocycles. The highest BCUT2D eigenvalue weighted by Crippen LogP contribution is 2.11. The molecule has 3 aromatic rings. The summed E-state index contributed by atoms with van der Waals surface area (Å²) in [6.45, 7) is 0.701. The summed E-state index contributed by atoms with van der Waals surface area (Å²) in [5.74, 6) is -0.0313. The molecule has 0 radical (unpaired) electrons. The van der Waals surface area contributed by atoms with E-state index in [0.29, 0.717) is 12.1 Å². The molecule has 2 N–H and O–H groups in total. The summed E-state index contributed by atoms with van der Waals surface area (Å²) in [7, 11) is 0. The Labute approximate surface area is 129 Å². The predicted octanol–water partition coefficient (Wildman–Crippen LogP) is 3.32. The Morgan fingerprint density at radius 1 is 1.09 bits per heavy atom. The fourth-order valence-corrected chi connectivity index (χ4v) is 2.48. The number of amides is 1. The van der Waals surface area contributed by atoms with Gasteiger partial charge in [0.2, 0.25) is 0 Å². The zero-order valence-corrected chi connectivity index (χ0v) is 12.4. The zero-order chi connectivity index (χ0) is 15.2. The Morgan fingerprint density at radius 2 is 1.95 bits per heavy atom. The third-order valence-corrected chi connectivity index (χ3v) is 3.70. The summed E-state index contributed by atoms with van der Waals surface area (Å²) in [6.07, 6.45) is 4.74. The maximum Gasteiger partial charge on any atom is 0.251 e. The summed E-state index contributed by atoms with van der Waals surface area (Å²) in [5, 5.41) is 2.97. The molecule has 3 rings (SSSR count). The number of nitrogens with one attached hydrogen (secondary N) is 2. The predicted molar refractivity (Wildman–Crippen MR) is 87.8 cm³/mol. The van der Waals surface area contributed by atoms with Crippen molar-refractivity contribution >= 4 is 16.9 Å². The van der Waals surface area contributed by atoms with Crippen molar-refractivity contribution in [1.29, 1.82) is 0 Å². The van der Waals surface area contributed by atoms with Crippen LogP contribution in [0.5, 0.6) is 0 Å². The summed E-state index contributed by atoms with van der Waals surface area (Å²) < 4.78 is 0. The molecule has 0 aliphatic heterocycles. The fraction of sp³-hybridized carbons (Fsp3) is 0.222. The number of aromatic amines is 1. The van der Waals surface area contributed by atoms with E-state index in [-0.39, 0.29) is 5.91 Å². The van der Waals surface area contributed by atoms with Gasteiger partial charge in [0, 0.05) is 12.1 Å². The molecule has 1 heterocycles. The SMILES string of the molecule is O=C(NCCCCc1ccccc1)c1ccc2nc[nH]c2c1. The van der Waals surface area contributed by atoms with Gasteiger partial charge in [-0.3, -0.25) is 4.79 Å². The van der Waals surface area contributed by atoms with Gasteiger partial charge >= 0.3 is 0 Å². The molecule has 0 bridgehead atoms. The Bertz CT molecular complexity index is 749. The normalized spacial score (nSPS) is 10.7. The van der Waals surface area contributed by atoms with Crippen LogP contribution in [0.25, 0.3) is 11.0 Å². The first kappa shape index (κ1) is 14.3. The lowest BCUT2D eigenvalue weighted by atomic mass is 10.1. The lowest BCUT2D eigenvalue weighted by molar-refractivity contribution is 0.0953. The number of fused-ring (bicyclic) bond motifs is 1. The lowest BCUT2D eigenvalue weighted by Crippen LogP contribution is -2.24. The number of imidazole rings is 1. The van der Waals surface area contributed by atoms with Crippen molar-refractivity contribution in [3.8, 4) is 0 Å².